The Labute approximate surface area is 440 Å². The van der Waals surface area contributed by atoms with Crippen molar-refractivity contribution >= 4 is 98.0 Å². The van der Waals surface area contributed by atoms with Gasteiger partial charge in [0.1, 0.15) is 0 Å². The monoisotopic (exact) mass is 972 g/mol. The molecule has 0 unspecified atom stereocenters. The molecule has 0 saturated carbocycles. The largest absolute Gasteiger partial charge is 0.310 e. The smallest absolute Gasteiger partial charge is 0.0540 e. The molecule has 0 aliphatic heterocycles. The van der Waals surface area contributed by atoms with E-state index in [1.807, 2.05) is 11.3 Å². The second-order valence-corrected chi connectivity index (χ2v) is 20.3. The molecule has 14 rings (SSSR count). The van der Waals surface area contributed by atoms with E-state index in [2.05, 4.69) is 301 Å². The first-order chi connectivity index (χ1) is 37.2. The summed E-state index contributed by atoms with van der Waals surface area (Å²) in [5, 5.41) is 9.79. The van der Waals surface area contributed by atoms with Gasteiger partial charge in [-0.3, -0.25) is 0 Å². The van der Waals surface area contributed by atoms with Gasteiger partial charge in [0.25, 0.3) is 0 Å². The molecule has 0 spiro atoms. The van der Waals surface area contributed by atoms with E-state index in [-0.39, 0.29) is 0 Å². The third kappa shape index (κ3) is 8.08. The Hall–Kier alpha value is -9.54. The van der Waals surface area contributed by atoms with Gasteiger partial charge >= 0.3 is 0 Å². The second kappa shape index (κ2) is 18.8. The average molecular weight is 973 g/mol. The Morgan fingerprint density at radius 2 is 0.680 bits per heavy atom. The number of anilines is 6. The minimum atomic E-state index is 1.07. The van der Waals surface area contributed by atoms with Crippen LogP contribution in [0.5, 0.6) is 0 Å². The Bertz CT molecular complexity index is 4430. The van der Waals surface area contributed by atoms with Crippen molar-refractivity contribution in [3.63, 3.8) is 0 Å². The normalized spacial score (nSPS) is 11.5. The van der Waals surface area contributed by atoms with Gasteiger partial charge in [-0.1, -0.05) is 218 Å². The highest BCUT2D eigenvalue weighted by Crippen LogP contribution is 2.47. The molecule has 14 aromatic rings. The minimum absolute atomic E-state index is 1.07. The van der Waals surface area contributed by atoms with Crippen molar-refractivity contribution in [1.82, 2.24) is 0 Å². The lowest BCUT2D eigenvalue weighted by Gasteiger charge is -2.30. The number of nitrogens with zero attached hydrogens (tertiary/aromatic N) is 2. The molecule has 0 N–H and O–H groups in total. The molecule has 0 radical (unpaired) electrons. The molecule has 0 aliphatic carbocycles. The molecule has 0 aliphatic rings. The van der Waals surface area contributed by atoms with Gasteiger partial charge in [-0.05, 0) is 133 Å². The molecular formula is C72H48N2S. The summed E-state index contributed by atoms with van der Waals surface area (Å²) in [4.78, 5) is 4.89. The van der Waals surface area contributed by atoms with Gasteiger partial charge in [0, 0.05) is 53.6 Å². The maximum Gasteiger partial charge on any atom is 0.0540 e. The van der Waals surface area contributed by atoms with Crippen LogP contribution in [0.2, 0.25) is 0 Å². The van der Waals surface area contributed by atoms with Gasteiger partial charge in [-0.15, -0.1) is 11.3 Å². The standard InChI is InChI=1S/C72H48N2S/c1-2-17-49(18-3-1)50-37-39-51(40-38-50)54-23-12-25-59(46-54)73(67-33-14-21-52-19-4-6-27-62(52)67)60-26-13-24-57(48-60)64-29-8-10-32-68(64)74(69-34-15-22-53-20-5-7-28-63(53)69)61-44-43-55-45-58(42-41-56(55)47-61)65-31-16-36-71-72(65)66-30-9-11-35-70(66)75-71/h1-48H. The number of thiophene rings is 1. The van der Waals surface area contributed by atoms with Crippen LogP contribution in [0.4, 0.5) is 34.1 Å². The molecule has 13 aromatic carbocycles. The molecule has 0 fully saturated rings. The summed E-state index contributed by atoms with van der Waals surface area (Å²) in [7, 11) is 0. The van der Waals surface area contributed by atoms with Gasteiger partial charge in [0.15, 0.2) is 0 Å². The molecule has 0 bridgehead atoms. The first-order valence-corrected chi connectivity index (χ1v) is 26.5. The molecule has 0 saturated heterocycles. The summed E-state index contributed by atoms with van der Waals surface area (Å²) in [5.74, 6) is 0. The fraction of sp³-hybridized carbons (Fsp3) is 0. The maximum absolute atomic E-state index is 2.46. The zero-order chi connectivity index (χ0) is 49.7. The minimum Gasteiger partial charge on any atom is -0.310 e. The third-order valence-electron chi connectivity index (χ3n) is 14.8. The zero-order valence-electron chi connectivity index (χ0n) is 41.0. The van der Waals surface area contributed by atoms with Crippen LogP contribution in [-0.2, 0) is 0 Å². The summed E-state index contributed by atoms with van der Waals surface area (Å²) >= 11 is 1.87. The van der Waals surface area contributed by atoms with Crippen molar-refractivity contribution in [3.05, 3.63) is 291 Å². The summed E-state index contributed by atoms with van der Waals surface area (Å²) in [6, 6.07) is 107. The van der Waals surface area contributed by atoms with Crippen molar-refractivity contribution in [2.24, 2.45) is 0 Å². The van der Waals surface area contributed by atoms with E-state index in [0.29, 0.717) is 0 Å². The van der Waals surface area contributed by atoms with Crippen molar-refractivity contribution in [1.29, 1.82) is 0 Å². The van der Waals surface area contributed by atoms with Gasteiger partial charge in [-0.2, -0.15) is 0 Å². The van der Waals surface area contributed by atoms with Crippen LogP contribution < -0.4 is 9.80 Å². The average Bonchev–Trinajstić information content (AvgIpc) is 3.88. The number of benzene rings is 13. The lowest BCUT2D eigenvalue weighted by molar-refractivity contribution is 1.29. The van der Waals surface area contributed by atoms with Gasteiger partial charge in [-0.25, -0.2) is 0 Å². The highest BCUT2D eigenvalue weighted by molar-refractivity contribution is 7.25. The van der Waals surface area contributed by atoms with Crippen molar-refractivity contribution < 1.29 is 0 Å². The number of para-hydroxylation sites is 1. The topological polar surface area (TPSA) is 6.48 Å². The summed E-state index contributed by atoms with van der Waals surface area (Å²) < 4.78 is 2.63. The van der Waals surface area contributed by atoms with Crippen molar-refractivity contribution in [3.8, 4) is 44.5 Å². The quantitative estimate of drug-likeness (QED) is 0.135. The van der Waals surface area contributed by atoms with Crippen LogP contribution in [0.25, 0.3) is 97.0 Å². The molecule has 1 aromatic heterocycles. The molecule has 0 amide bonds. The summed E-state index contributed by atoms with van der Waals surface area (Å²) in [6.07, 6.45) is 0. The van der Waals surface area contributed by atoms with Crippen LogP contribution in [0.1, 0.15) is 0 Å². The van der Waals surface area contributed by atoms with E-state index in [9.17, 15) is 0 Å². The first-order valence-electron chi connectivity index (χ1n) is 25.6. The van der Waals surface area contributed by atoms with Crippen molar-refractivity contribution in [2.75, 3.05) is 9.80 Å². The van der Waals surface area contributed by atoms with E-state index in [1.54, 1.807) is 0 Å². The molecule has 3 heteroatoms. The molecular weight excluding hydrogens is 925 g/mol. The van der Waals surface area contributed by atoms with E-state index >= 15 is 0 Å². The Kier molecular flexibility index (Phi) is 11.1. The summed E-state index contributed by atoms with van der Waals surface area (Å²) in [5.41, 5.74) is 16.1. The highest BCUT2D eigenvalue weighted by Gasteiger charge is 2.22. The molecule has 75 heavy (non-hydrogen) atoms. The molecule has 352 valence electrons. The highest BCUT2D eigenvalue weighted by atomic mass is 32.1. The van der Waals surface area contributed by atoms with E-state index in [1.165, 1.54) is 80.3 Å². The number of fused-ring (bicyclic) bond motifs is 6. The Morgan fingerprint density at radius 1 is 0.227 bits per heavy atom. The zero-order valence-corrected chi connectivity index (χ0v) is 41.8. The molecule has 0 atom stereocenters. The maximum atomic E-state index is 2.46. The Morgan fingerprint density at radius 3 is 1.44 bits per heavy atom. The van der Waals surface area contributed by atoms with E-state index in [0.717, 1.165) is 50.8 Å². The van der Waals surface area contributed by atoms with Crippen LogP contribution in [0, 0.1) is 0 Å². The third-order valence-corrected chi connectivity index (χ3v) is 15.9. The Balaban J connectivity index is 0.899. The van der Waals surface area contributed by atoms with E-state index < -0.39 is 0 Å². The fourth-order valence-electron chi connectivity index (χ4n) is 11.2. The van der Waals surface area contributed by atoms with Crippen LogP contribution in [0.3, 0.4) is 0 Å². The lowest BCUT2D eigenvalue weighted by atomic mass is 9.96. The summed E-state index contributed by atoms with van der Waals surface area (Å²) in [6.45, 7) is 0. The predicted octanol–water partition coefficient (Wildman–Crippen LogP) is 21.1. The van der Waals surface area contributed by atoms with Gasteiger partial charge < -0.3 is 9.80 Å². The second-order valence-electron chi connectivity index (χ2n) is 19.3. The van der Waals surface area contributed by atoms with Gasteiger partial charge in [0.05, 0.1) is 17.1 Å². The molecule has 1 heterocycles. The number of hydrogen-bond acceptors (Lipinski definition) is 3. The first kappa shape index (κ1) is 44.2. The van der Waals surface area contributed by atoms with Crippen LogP contribution >= 0.6 is 11.3 Å². The molecule has 2 nitrogen and oxygen atoms in total. The number of rotatable bonds is 10. The van der Waals surface area contributed by atoms with Gasteiger partial charge in [0.2, 0.25) is 0 Å². The van der Waals surface area contributed by atoms with Crippen LogP contribution in [-0.4, -0.2) is 0 Å². The SMILES string of the molecule is c1ccc(-c2ccc(-c3cccc(N(c4cccc(-c5ccccc5N(c5ccc6cc(-c7cccc8sc9ccccc9c78)ccc6c5)c5cccc6ccccc56)c4)c4cccc5ccccc45)c3)cc2)cc1. The predicted molar refractivity (Wildman–Crippen MR) is 323 cm³/mol. The van der Waals surface area contributed by atoms with Crippen LogP contribution in [0.15, 0.2) is 291 Å². The number of hydrogen-bond donors (Lipinski definition) is 0. The van der Waals surface area contributed by atoms with Crippen molar-refractivity contribution in [2.45, 2.75) is 0 Å². The fourth-order valence-corrected chi connectivity index (χ4v) is 12.4. The van der Waals surface area contributed by atoms with E-state index in [4.69, 9.17) is 0 Å². The lowest BCUT2D eigenvalue weighted by Crippen LogP contribution is -2.12.